The summed E-state index contributed by atoms with van der Waals surface area (Å²) in [6.45, 7) is 0.216. The van der Waals surface area contributed by atoms with E-state index in [-0.39, 0.29) is 6.79 Å². The number of aromatic nitrogens is 3. The number of methoxy groups -OCH3 is 1. The van der Waals surface area contributed by atoms with E-state index < -0.39 is 0 Å². The zero-order valence-corrected chi connectivity index (χ0v) is 14.1. The Morgan fingerprint density at radius 2 is 2.04 bits per heavy atom. The van der Waals surface area contributed by atoms with Gasteiger partial charge >= 0.3 is 0 Å². The number of hydrogen-bond acceptors (Lipinski definition) is 5. The number of benzene rings is 2. The molecule has 2 heterocycles. The average molecular weight is 362 g/mol. The van der Waals surface area contributed by atoms with E-state index in [2.05, 4.69) is 10.2 Å². The van der Waals surface area contributed by atoms with Gasteiger partial charge < -0.3 is 14.2 Å². The largest absolute Gasteiger partial charge is 0.495 e. The third-order valence-corrected chi connectivity index (χ3v) is 4.19. The van der Waals surface area contributed by atoms with Crippen LogP contribution in [-0.2, 0) is 0 Å². The van der Waals surface area contributed by atoms with Crippen LogP contribution >= 0.6 is 23.8 Å². The van der Waals surface area contributed by atoms with Crippen molar-refractivity contribution in [3.63, 3.8) is 0 Å². The molecule has 24 heavy (non-hydrogen) atoms. The van der Waals surface area contributed by atoms with Crippen molar-refractivity contribution in [2.75, 3.05) is 13.9 Å². The number of rotatable bonds is 3. The lowest BCUT2D eigenvalue weighted by molar-refractivity contribution is 0.174. The van der Waals surface area contributed by atoms with Crippen LogP contribution in [0.3, 0.4) is 0 Å². The molecule has 0 unspecified atom stereocenters. The molecular formula is C16H12ClN3O3S. The monoisotopic (exact) mass is 361 g/mol. The van der Waals surface area contributed by atoms with Crippen molar-refractivity contribution in [1.29, 1.82) is 0 Å². The Hall–Kier alpha value is -2.51. The summed E-state index contributed by atoms with van der Waals surface area (Å²) in [4.78, 5) is 0. The highest BCUT2D eigenvalue weighted by Gasteiger charge is 2.19. The molecule has 1 aliphatic rings. The van der Waals surface area contributed by atoms with Crippen LogP contribution in [0.5, 0.6) is 17.2 Å². The van der Waals surface area contributed by atoms with E-state index in [1.54, 1.807) is 29.9 Å². The molecule has 0 saturated carbocycles. The van der Waals surface area contributed by atoms with Crippen LogP contribution in [0.15, 0.2) is 36.4 Å². The fourth-order valence-corrected chi connectivity index (χ4v) is 2.98. The van der Waals surface area contributed by atoms with Crippen molar-refractivity contribution in [3.05, 3.63) is 46.2 Å². The number of nitrogens with zero attached hydrogens (tertiary/aromatic N) is 2. The lowest BCUT2D eigenvalue weighted by atomic mass is 10.2. The Morgan fingerprint density at radius 3 is 2.88 bits per heavy atom. The fraction of sp³-hybridized carbons (Fsp3) is 0.125. The van der Waals surface area contributed by atoms with E-state index in [1.807, 2.05) is 18.2 Å². The third-order valence-electron chi connectivity index (χ3n) is 3.68. The van der Waals surface area contributed by atoms with Gasteiger partial charge in [-0.05, 0) is 48.6 Å². The molecule has 0 fully saturated rings. The number of halogens is 1. The molecule has 0 aliphatic carbocycles. The molecule has 8 heteroatoms. The Labute approximate surface area is 147 Å². The summed E-state index contributed by atoms with van der Waals surface area (Å²) in [5.74, 6) is 2.64. The highest BCUT2D eigenvalue weighted by atomic mass is 35.5. The van der Waals surface area contributed by atoms with Gasteiger partial charge in [-0.2, -0.15) is 5.10 Å². The van der Waals surface area contributed by atoms with Gasteiger partial charge in [-0.1, -0.05) is 11.6 Å². The number of nitrogens with one attached hydrogen (secondary N) is 1. The molecule has 0 bridgehead atoms. The molecule has 122 valence electrons. The second-order valence-corrected chi connectivity index (χ2v) is 5.90. The van der Waals surface area contributed by atoms with Gasteiger partial charge in [0.05, 0.1) is 12.8 Å². The highest BCUT2D eigenvalue weighted by Crippen LogP contribution is 2.37. The van der Waals surface area contributed by atoms with Gasteiger partial charge in [0.1, 0.15) is 5.75 Å². The van der Waals surface area contributed by atoms with Gasteiger partial charge in [0.25, 0.3) is 0 Å². The maximum absolute atomic E-state index is 6.15. The SMILES string of the molecule is COc1ccc(Cl)cc1-n1c(-c2ccc3c(c2)OCO3)n[nH]c1=S. The molecule has 3 aromatic rings. The number of H-pyrrole nitrogens is 1. The number of aromatic amines is 1. The molecule has 6 nitrogen and oxygen atoms in total. The van der Waals surface area contributed by atoms with Gasteiger partial charge in [-0.25, -0.2) is 0 Å². The van der Waals surface area contributed by atoms with Crippen LogP contribution in [0.2, 0.25) is 5.02 Å². The molecule has 0 atom stereocenters. The van der Waals surface area contributed by atoms with Crippen molar-refractivity contribution in [1.82, 2.24) is 14.8 Å². The molecule has 1 aromatic heterocycles. The predicted octanol–water partition coefficient (Wildman–Crippen LogP) is 3.99. The summed E-state index contributed by atoms with van der Waals surface area (Å²) in [5, 5.41) is 7.74. The zero-order valence-electron chi connectivity index (χ0n) is 12.6. The van der Waals surface area contributed by atoms with E-state index in [4.69, 9.17) is 38.0 Å². The Morgan fingerprint density at radius 1 is 1.21 bits per heavy atom. The molecular weight excluding hydrogens is 350 g/mol. The third kappa shape index (κ3) is 2.42. The van der Waals surface area contributed by atoms with Gasteiger partial charge in [-0.3, -0.25) is 9.67 Å². The van der Waals surface area contributed by atoms with Crippen LogP contribution in [0.4, 0.5) is 0 Å². The smallest absolute Gasteiger partial charge is 0.231 e. The molecule has 0 radical (unpaired) electrons. The van der Waals surface area contributed by atoms with E-state index in [0.717, 1.165) is 5.56 Å². The minimum atomic E-state index is 0.216. The fourth-order valence-electron chi connectivity index (χ4n) is 2.59. The molecule has 1 aliphatic heterocycles. The maximum Gasteiger partial charge on any atom is 0.231 e. The van der Waals surface area contributed by atoms with Crippen LogP contribution < -0.4 is 14.2 Å². The first-order valence-electron chi connectivity index (χ1n) is 7.09. The van der Waals surface area contributed by atoms with Crippen molar-refractivity contribution in [3.8, 4) is 34.3 Å². The van der Waals surface area contributed by atoms with E-state index in [0.29, 0.717) is 38.6 Å². The van der Waals surface area contributed by atoms with Crippen molar-refractivity contribution in [2.45, 2.75) is 0 Å². The molecule has 1 N–H and O–H groups in total. The summed E-state index contributed by atoms with van der Waals surface area (Å²) in [6, 6.07) is 10.9. The number of ether oxygens (including phenoxy) is 3. The number of hydrogen-bond donors (Lipinski definition) is 1. The quantitative estimate of drug-likeness (QED) is 0.715. The minimum absolute atomic E-state index is 0.216. The first kappa shape index (κ1) is 15.0. The summed E-state index contributed by atoms with van der Waals surface area (Å²) < 4.78 is 18.4. The summed E-state index contributed by atoms with van der Waals surface area (Å²) in [5.41, 5.74) is 1.53. The maximum atomic E-state index is 6.15. The van der Waals surface area contributed by atoms with Gasteiger partial charge in [0, 0.05) is 10.6 Å². The van der Waals surface area contributed by atoms with Gasteiger partial charge in [0.2, 0.25) is 6.79 Å². The molecule has 0 saturated heterocycles. The second-order valence-electron chi connectivity index (χ2n) is 5.07. The standard InChI is InChI=1S/C16H12ClN3O3S/c1-21-12-5-3-10(17)7-11(12)20-15(18-19-16(20)24)9-2-4-13-14(6-9)23-8-22-13/h2-7H,8H2,1H3,(H,19,24). The van der Waals surface area contributed by atoms with Gasteiger partial charge in [-0.15, -0.1) is 0 Å². The highest BCUT2D eigenvalue weighted by molar-refractivity contribution is 7.71. The first-order chi connectivity index (χ1) is 11.7. The molecule has 2 aromatic carbocycles. The van der Waals surface area contributed by atoms with E-state index in [9.17, 15) is 0 Å². The second kappa shape index (κ2) is 5.85. The van der Waals surface area contributed by atoms with E-state index >= 15 is 0 Å². The Kier molecular flexibility index (Phi) is 3.66. The van der Waals surface area contributed by atoms with Crippen LogP contribution in [0.1, 0.15) is 0 Å². The molecule has 4 rings (SSSR count). The lowest BCUT2D eigenvalue weighted by Crippen LogP contribution is -2.01. The Bertz CT molecular complexity index is 983. The Balaban J connectivity index is 1.92. The normalized spacial score (nSPS) is 12.4. The summed E-state index contributed by atoms with van der Waals surface area (Å²) in [6.07, 6.45) is 0. The number of fused-ring (bicyclic) bond motifs is 1. The summed E-state index contributed by atoms with van der Waals surface area (Å²) >= 11 is 11.5. The van der Waals surface area contributed by atoms with Crippen molar-refractivity contribution >= 4 is 23.8 Å². The summed E-state index contributed by atoms with van der Waals surface area (Å²) in [7, 11) is 1.59. The van der Waals surface area contributed by atoms with Crippen LogP contribution in [-0.4, -0.2) is 28.7 Å². The van der Waals surface area contributed by atoms with Crippen LogP contribution in [0.25, 0.3) is 17.1 Å². The van der Waals surface area contributed by atoms with Crippen LogP contribution in [0, 0.1) is 4.77 Å². The minimum Gasteiger partial charge on any atom is -0.495 e. The zero-order chi connectivity index (χ0) is 16.7. The molecule has 0 amide bonds. The topological polar surface area (TPSA) is 61.3 Å². The average Bonchev–Trinajstić information content (AvgIpc) is 3.20. The van der Waals surface area contributed by atoms with Gasteiger partial charge in [0.15, 0.2) is 22.1 Å². The predicted molar refractivity (Wildman–Crippen MR) is 91.9 cm³/mol. The van der Waals surface area contributed by atoms with Crippen molar-refractivity contribution < 1.29 is 14.2 Å². The van der Waals surface area contributed by atoms with Crippen molar-refractivity contribution in [2.24, 2.45) is 0 Å². The van der Waals surface area contributed by atoms with E-state index in [1.165, 1.54) is 0 Å². The first-order valence-corrected chi connectivity index (χ1v) is 7.87. The molecule has 0 spiro atoms. The lowest BCUT2D eigenvalue weighted by Gasteiger charge is -2.12.